The Bertz CT molecular complexity index is 716. The molecule has 0 spiro atoms. The molecule has 7 heteroatoms. The van der Waals surface area contributed by atoms with Crippen molar-refractivity contribution in [2.24, 2.45) is 0 Å². The Labute approximate surface area is 184 Å². The van der Waals surface area contributed by atoms with Crippen molar-refractivity contribution < 1.29 is 9.90 Å². The van der Waals surface area contributed by atoms with Gasteiger partial charge in [0.2, 0.25) is 5.91 Å². The second kappa shape index (κ2) is 11.0. The first-order valence-corrected chi connectivity index (χ1v) is 9.76. The third-order valence-corrected chi connectivity index (χ3v) is 5.63. The fourth-order valence-electron chi connectivity index (χ4n) is 4.21. The predicted octanol–water partition coefficient (Wildman–Crippen LogP) is 2.49. The van der Waals surface area contributed by atoms with Gasteiger partial charge in [-0.25, -0.2) is 0 Å². The van der Waals surface area contributed by atoms with Crippen LogP contribution in [0.4, 0.5) is 0 Å². The molecule has 2 aliphatic rings. The van der Waals surface area contributed by atoms with Crippen molar-refractivity contribution in [1.82, 2.24) is 15.1 Å². The van der Waals surface area contributed by atoms with Crippen LogP contribution >= 0.6 is 24.8 Å². The lowest BCUT2D eigenvalue weighted by Crippen LogP contribution is -2.53. The number of nitrogens with zero attached hydrogens (tertiary/aromatic N) is 2. The van der Waals surface area contributed by atoms with E-state index in [1.54, 1.807) is 0 Å². The first kappa shape index (κ1) is 23.6. The first-order valence-electron chi connectivity index (χ1n) is 9.76. The number of hydrogen-bond donors (Lipinski definition) is 2. The summed E-state index contributed by atoms with van der Waals surface area (Å²) in [4.78, 5) is 17.1. The Morgan fingerprint density at radius 2 is 1.41 bits per heavy atom. The number of aliphatic hydroxyl groups is 1. The molecule has 1 amide bonds. The largest absolute Gasteiger partial charge is 0.392 e. The average Bonchev–Trinajstić information content (AvgIpc) is 3.16. The van der Waals surface area contributed by atoms with Crippen LogP contribution in [-0.2, 0) is 4.79 Å². The van der Waals surface area contributed by atoms with Crippen LogP contribution in [0.5, 0.6) is 0 Å². The lowest BCUT2D eigenvalue weighted by Gasteiger charge is -2.40. The molecule has 0 saturated carbocycles. The number of rotatable bonds is 4. The number of halogens is 2. The third-order valence-electron chi connectivity index (χ3n) is 5.63. The molecule has 0 aliphatic carbocycles. The normalized spacial score (nSPS) is 22.1. The molecule has 29 heavy (non-hydrogen) atoms. The monoisotopic (exact) mass is 437 g/mol. The Morgan fingerprint density at radius 1 is 0.897 bits per heavy atom. The van der Waals surface area contributed by atoms with Crippen LogP contribution in [0.3, 0.4) is 0 Å². The van der Waals surface area contributed by atoms with Gasteiger partial charge in [-0.15, -0.1) is 24.8 Å². The molecule has 0 radical (unpaired) electrons. The molecular weight excluding hydrogens is 409 g/mol. The molecule has 2 N–H and O–H groups in total. The summed E-state index contributed by atoms with van der Waals surface area (Å²) in [5.74, 6) is 0.127. The van der Waals surface area contributed by atoms with Crippen LogP contribution < -0.4 is 5.32 Å². The van der Waals surface area contributed by atoms with Gasteiger partial charge in [0.1, 0.15) is 0 Å². The number of piperazine rings is 1. The summed E-state index contributed by atoms with van der Waals surface area (Å²) in [5.41, 5.74) is 2.56. The van der Waals surface area contributed by atoms with Crippen LogP contribution in [-0.4, -0.2) is 65.7 Å². The molecular formula is C22H29Cl2N3O2. The third kappa shape index (κ3) is 5.50. The van der Waals surface area contributed by atoms with Crippen LogP contribution in [0.2, 0.25) is 0 Å². The SMILES string of the molecule is Cl.Cl.O=C(C1CC(O)CN1)N1CCN(C(c2ccccc2)c2ccccc2)CC1. The van der Waals surface area contributed by atoms with E-state index in [2.05, 4.69) is 58.7 Å². The van der Waals surface area contributed by atoms with Crippen molar-refractivity contribution in [3.63, 3.8) is 0 Å². The summed E-state index contributed by atoms with van der Waals surface area (Å²) < 4.78 is 0. The first-order chi connectivity index (χ1) is 13.2. The molecule has 2 aromatic rings. The topological polar surface area (TPSA) is 55.8 Å². The second-order valence-electron chi connectivity index (χ2n) is 7.44. The van der Waals surface area contributed by atoms with Crippen LogP contribution in [0.1, 0.15) is 23.6 Å². The number of carbonyl (C=O) groups excluding carboxylic acids is 1. The fraction of sp³-hybridized carbons (Fsp3) is 0.409. The van der Waals surface area contributed by atoms with E-state index in [9.17, 15) is 9.90 Å². The molecule has 0 aromatic heterocycles. The molecule has 2 saturated heterocycles. The van der Waals surface area contributed by atoms with Gasteiger partial charge in [-0.2, -0.15) is 0 Å². The number of hydrogen-bond acceptors (Lipinski definition) is 4. The Hall–Kier alpha value is -1.63. The van der Waals surface area contributed by atoms with Crippen LogP contribution in [0, 0.1) is 0 Å². The van der Waals surface area contributed by atoms with E-state index in [1.165, 1.54) is 11.1 Å². The van der Waals surface area contributed by atoms with Gasteiger partial charge in [0, 0.05) is 32.7 Å². The van der Waals surface area contributed by atoms with Gasteiger partial charge in [-0.05, 0) is 17.5 Å². The number of amides is 1. The van der Waals surface area contributed by atoms with Gasteiger partial charge in [0.25, 0.3) is 0 Å². The summed E-state index contributed by atoms with van der Waals surface area (Å²) in [7, 11) is 0. The standard InChI is InChI=1S/C22H27N3O2.2ClH/c26-19-15-20(23-16-19)22(27)25-13-11-24(12-14-25)21(17-7-3-1-4-8-17)18-9-5-2-6-10-18;;/h1-10,19-21,23,26H,11-16H2;2*1H. The lowest BCUT2D eigenvalue weighted by molar-refractivity contribution is -0.135. The highest BCUT2D eigenvalue weighted by molar-refractivity contribution is 5.85. The van der Waals surface area contributed by atoms with Crippen molar-refractivity contribution in [2.75, 3.05) is 32.7 Å². The molecule has 158 valence electrons. The summed E-state index contributed by atoms with van der Waals surface area (Å²) in [6.45, 7) is 3.65. The Morgan fingerprint density at radius 3 is 1.86 bits per heavy atom. The van der Waals surface area contributed by atoms with Crippen LogP contribution in [0.15, 0.2) is 60.7 Å². The molecule has 2 atom stereocenters. The zero-order valence-corrected chi connectivity index (χ0v) is 17.9. The van der Waals surface area contributed by atoms with Crippen LogP contribution in [0.25, 0.3) is 0 Å². The van der Waals surface area contributed by atoms with E-state index >= 15 is 0 Å². The minimum atomic E-state index is -0.402. The summed E-state index contributed by atoms with van der Waals surface area (Å²) >= 11 is 0. The summed E-state index contributed by atoms with van der Waals surface area (Å²) in [6.07, 6.45) is 0.121. The molecule has 0 bridgehead atoms. The zero-order chi connectivity index (χ0) is 18.6. The van der Waals surface area contributed by atoms with E-state index < -0.39 is 6.10 Å². The molecule has 4 rings (SSSR count). The number of aliphatic hydroxyl groups excluding tert-OH is 1. The number of benzene rings is 2. The molecule has 2 aromatic carbocycles. The maximum Gasteiger partial charge on any atom is 0.239 e. The number of carbonyl (C=O) groups is 1. The van der Waals surface area contributed by atoms with E-state index in [4.69, 9.17) is 0 Å². The average molecular weight is 438 g/mol. The molecule has 5 nitrogen and oxygen atoms in total. The zero-order valence-electron chi connectivity index (χ0n) is 16.3. The van der Waals surface area contributed by atoms with Crippen molar-refractivity contribution in [3.8, 4) is 0 Å². The van der Waals surface area contributed by atoms with Gasteiger partial charge < -0.3 is 15.3 Å². The van der Waals surface area contributed by atoms with E-state index in [-0.39, 0.29) is 42.8 Å². The number of nitrogens with one attached hydrogen (secondary N) is 1. The van der Waals surface area contributed by atoms with Crippen molar-refractivity contribution in [2.45, 2.75) is 24.6 Å². The molecule has 2 unspecified atom stereocenters. The highest BCUT2D eigenvalue weighted by atomic mass is 35.5. The molecule has 2 aliphatic heterocycles. The molecule has 2 fully saturated rings. The fourth-order valence-corrected chi connectivity index (χ4v) is 4.21. The minimum absolute atomic E-state index is 0. The smallest absolute Gasteiger partial charge is 0.239 e. The van der Waals surface area contributed by atoms with E-state index in [0.717, 1.165) is 26.2 Å². The quantitative estimate of drug-likeness (QED) is 0.771. The number of β-amino-alcohol motifs (C(OH)–C–C–N with tert-alkyl or cyclic N) is 1. The van der Waals surface area contributed by atoms with Crippen molar-refractivity contribution >= 4 is 30.7 Å². The highest BCUT2D eigenvalue weighted by Crippen LogP contribution is 2.29. The highest BCUT2D eigenvalue weighted by Gasteiger charge is 2.34. The van der Waals surface area contributed by atoms with Gasteiger partial charge >= 0.3 is 0 Å². The van der Waals surface area contributed by atoms with Gasteiger partial charge in [-0.1, -0.05) is 60.7 Å². The maximum atomic E-state index is 12.7. The van der Waals surface area contributed by atoms with Crippen molar-refractivity contribution in [1.29, 1.82) is 0 Å². The second-order valence-corrected chi connectivity index (χ2v) is 7.44. The predicted molar refractivity (Wildman–Crippen MR) is 120 cm³/mol. The van der Waals surface area contributed by atoms with Gasteiger partial charge in [0.05, 0.1) is 18.2 Å². The summed E-state index contributed by atoms with van der Waals surface area (Å²) in [5, 5.41) is 12.8. The summed E-state index contributed by atoms with van der Waals surface area (Å²) in [6, 6.07) is 21.1. The van der Waals surface area contributed by atoms with Gasteiger partial charge in [-0.3, -0.25) is 9.69 Å². The molecule has 2 heterocycles. The lowest BCUT2D eigenvalue weighted by atomic mass is 9.96. The minimum Gasteiger partial charge on any atom is -0.392 e. The maximum absolute atomic E-state index is 12.7. The van der Waals surface area contributed by atoms with E-state index in [0.29, 0.717) is 13.0 Å². The Balaban J connectivity index is 0.00000150. The van der Waals surface area contributed by atoms with Crippen molar-refractivity contribution in [3.05, 3.63) is 71.8 Å². The Kier molecular flexibility index (Phi) is 8.93. The van der Waals surface area contributed by atoms with E-state index in [1.807, 2.05) is 17.0 Å². The van der Waals surface area contributed by atoms with Gasteiger partial charge in [0.15, 0.2) is 0 Å².